The Balaban J connectivity index is 2.26. The number of hydrogen-bond acceptors (Lipinski definition) is 4. The molecule has 1 unspecified atom stereocenters. The molecule has 5 heteroatoms. The van der Waals surface area contributed by atoms with Crippen molar-refractivity contribution in [2.24, 2.45) is 0 Å². The van der Waals surface area contributed by atoms with Gasteiger partial charge < -0.3 is 14.8 Å². The van der Waals surface area contributed by atoms with Crippen molar-refractivity contribution in [3.05, 3.63) is 0 Å². The molecule has 1 atom stereocenters. The number of carbonyl (C=O) groups excluding carboxylic acids is 1. The Hall–Kier alpha value is -1.12. The molecule has 1 amide bonds. The van der Waals surface area contributed by atoms with Gasteiger partial charge >= 0.3 is 0 Å². The monoisotopic (exact) mass is 170 g/mol. The highest BCUT2D eigenvalue weighted by molar-refractivity contribution is 5.81. The molecule has 0 aliphatic carbocycles. The predicted molar refractivity (Wildman–Crippen MR) is 39.2 cm³/mol. The lowest BCUT2D eigenvalue weighted by Crippen LogP contribution is -2.42. The van der Waals surface area contributed by atoms with Gasteiger partial charge in [-0.1, -0.05) is 0 Å². The first-order valence-electron chi connectivity index (χ1n) is 3.68. The van der Waals surface area contributed by atoms with Crippen LogP contribution in [-0.2, 0) is 14.3 Å². The molecule has 0 aromatic carbocycles. The van der Waals surface area contributed by atoms with Crippen molar-refractivity contribution < 1.29 is 14.3 Å². The maximum atomic E-state index is 11.1. The second-order valence-corrected chi connectivity index (χ2v) is 2.31. The minimum Gasteiger partial charge on any atom is -0.376 e. The number of rotatable bonds is 2. The molecule has 1 aliphatic heterocycles. The average molecular weight is 170 g/mol. The fraction of sp³-hybridized carbons (Fsp3) is 0.714. The van der Waals surface area contributed by atoms with E-state index in [2.05, 4.69) is 5.32 Å². The number of carbonyl (C=O) groups is 1. The van der Waals surface area contributed by atoms with Crippen LogP contribution in [-0.4, -0.2) is 38.4 Å². The Kier molecular flexibility index (Phi) is 3.51. The summed E-state index contributed by atoms with van der Waals surface area (Å²) in [6, 6.07) is 1.81. The first-order chi connectivity index (χ1) is 5.84. The van der Waals surface area contributed by atoms with Crippen LogP contribution in [0, 0.1) is 11.3 Å². The van der Waals surface area contributed by atoms with Crippen molar-refractivity contribution in [2.75, 3.05) is 26.4 Å². The molecule has 66 valence electrons. The SMILES string of the molecule is N#CCNC(=O)C1COCCO1. The van der Waals surface area contributed by atoms with Crippen LogP contribution in [0.4, 0.5) is 0 Å². The van der Waals surface area contributed by atoms with E-state index < -0.39 is 6.10 Å². The third-order valence-electron chi connectivity index (χ3n) is 1.45. The Bertz CT molecular complexity index is 193. The highest BCUT2D eigenvalue weighted by Gasteiger charge is 2.21. The van der Waals surface area contributed by atoms with E-state index in [1.54, 1.807) is 0 Å². The number of nitrogens with one attached hydrogen (secondary N) is 1. The van der Waals surface area contributed by atoms with Crippen LogP contribution in [0.2, 0.25) is 0 Å². The Labute approximate surface area is 70.3 Å². The van der Waals surface area contributed by atoms with E-state index in [-0.39, 0.29) is 19.1 Å². The molecule has 0 saturated carbocycles. The fourth-order valence-corrected chi connectivity index (χ4v) is 0.880. The normalized spacial score (nSPS) is 22.8. The number of nitrogens with zero attached hydrogens (tertiary/aromatic N) is 1. The summed E-state index contributed by atoms with van der Waals surface area (Å²) in [6.45, 7) is 1.25. The number of hydrogen-bond donors (Lipinski definition) is 1. The number of amides is 1. The van der Waals surface area contributed by atoms with Crippen molar-refractivity contribution >= 4 is 5.91 Å². The van der Waals surface area contributed by atoms with Gasteiger partial charge in [-0.15, -0.1) is 0 Å². The van der Waals surface area contributed by atoms with E-state index in [0.717, 1.165) is 0 Å². The molecule has 1 fully saturated rings. The Morgan fingerprint density at radius 1 is 1.67 bits per heavy atom. The van der Waals surface area contributed by atoms with Crippen molar-refractivity contribution in [1.82, 2.24) is 5.32 Å². The van der Waals surface area contributed by atoms with Gasteiger partial charge in [0.15, 0.2) is 6.10 Å². The molecule has 1 rings (SSSR count). The lowest BCUT2D eigenvalue weighted by atomic mass is 10.3. The Morgan fingerprint density at radius 2 is 2.50 bits per heavy atom. The molecule has 12 heavy (non-hydrogen) atoms. The highest BCUT2D eigenvalue weighted by atomic mass is 16.6. The maximum Gasteiger partial charge on any atom is 0.252 e. The second kappa shape index (κ2) is 4.70. The first kappa shape index (κ1) is 8.97. The molecule has 0 spiro atoms. The summed E-state index contributed by atoms with van der Waals surface area (Å²) in [5, 5.41) is 10.6. The highest BCUT2D eigenvalue weighted by Crippen LogP contribution is 1.99. The summed E-state index contributed by atoms with van der Waals surface area (Å²) in [4.78, 5) is 11.1. The van der Waals surface area contributed by atoms with Gasteiger partial charge in [0, 0.05) is 0 Å². The van der Waals surface area contributed by atoms with Gasteiger partial charge in [-0.3, -0.25) is 4.79 Å². The lowest BCUT2D eigenvalue weighted by Gasteiger charge is -2.21. The van der Waals surface area contributed by atoms with Crippen LogP contribution < -0.4 is 5.32 Å². The van der Waals surface area contributed by atoms with E-state index >= 15 is 0 Å². The van der Waals surface area contributed by atoms with Crippen molar-refractivity contribution in [3.8, 4) is 6.07 Å². The van der Waals surface area contributed by atoms with E-state index in [1.165, 1.54) is 0 Å². The summed E-state index contributed by atoms with van der Waals surface area (Å²) in [7, 11) is 0. The van der Waals surface area contributed by atoms with E-state index in [4.69, 9.17) is 14.7 Å². The molecule has 0 bridgehead atoms. The van der Waals surface area contributed by atoms with Gasteiger partial charge in [0.05, 0.1) is 25.9 Å². The molecule has 5 nitrogen and oxygen atoms in total. The molecule has 0 radical (unpaired) electrons. The van der Waals surface area contributed by atoms with Gasteiger partial charge in [0.25, 0.3) is 5.91 Å². The molecule has 1 heterocycles. The van der Waals surface area contributed by atoms with Crippen LogP contribution in [0.3, 0.4) is 0 Å². The zero-order valence-corrected chi connectivity index (χ0v) is 6.58. The second-order valence-electron chi connectivity index (χ2n) is 2.31. The number of ether oxygens (including phenoxy) is 2. The van der Waals surface area contributed by atoms with Gasteiger partial charge in [-0.25, -0.2) is 0 Å². The summed E-state index contributed by atoms with van der Waals surface area (Å²) in [5.41, 5.74) is 0. The van der Waals surface area contributed by atoms with Gasteiger partial charge in [-0.2, -0.15) is 5.26 Å². The van der Waals surface area contributed by atoms with Gasteiger partial charge in [-0.05, 0) is 0 Å². The Morgan fingerprint density at radius 3 is 3.08 bits per heavy atom. The molecule has 1 N–H and O–H groups in total. The third kappa shape index (κ3) is 2.49. The summed E-state index contributed by atoms with van der Waals surface area (Å²) < 4.78 is 10.1. The van der Waals surface area contributed by atoms with Crippen LogP contribution >= 0.6 is 0 Å². The van der Waals surface area contributed by atoms with Crippen LogP contribution in [0.25, 0.3) is 0 Å². The van der Waals surface area contributed by atoms with E-state index in [1.807, 2.05) is 6.07 Å². The predicted octanol–water partition coefficient (Wildman–Crippen LogP) is -0.958. The minimum absolute atomic E-state index is 0.0126. The summed E-state index contributed by atoms with van der Waals surface area (Å²) in [6.07, 6.45) is -0.549. The largest absolute Gasteiger partial charge is 0.376 e. The zero-order chi connectivity index (χ0) is 8.81. The molecular formula is C7H10N2O3. The van der Waals surface area contributed by atoms with Crippen LogP contribution in [0.15, 0.2) is 0 Å². The minimum atomic E-state index is -0.549. The molecule has 0 aromatic rings. The van der Waals surface area contributed by atoms with Gasteiger partial charge in [0.1, 0.15) is 6.54 Å². The molecule has 0 aromatic heterocycles. The maximum absolute atomic E-state index is 11.1. The summed E-state index contributed by atoms with van der Waals surface area (Å²) >= 11 is 0. The first-order valence-corrected chi connectivity index (χ1v) is 3.68. The lowest BCUT2D eigenvalue weighted by molar-refractivity contribution is -0.147. The molecular weight excluding hydrogens is 160 g/mol. The number of nitriles is 1. The van der Waals surface area contributed by atoms with Crippen molar-refractivity contribution in [1.29, 1.82) is 5.26 Å². The van der Waals surface area contributed by atoms with E-state index in [0.29, 0.717) is 13.2 Å². The van der Waals surface area contributed by atoms with E-state index in [9.17, 15) is 4.79 Å². The van der Waals surface area contributed by atoms with Crippen LogP contribution in [0.1, 0.15) is 0 Å². The molecule has 1 aliphatic rings. The molecule has 1 saturated heterocycles. The van der Waals surface area contributed by atoms with Crippen molar-refractivity contribution in [2.45, 2.75) is 6.10 Å². The smallest absolute Gasteiger partial charge is 0.252 e. The standard InChI is InChI=1S/C7H10N2O3/c8-1-2-9-7(10)6-5-11-3-4-12-6/h6H,2-5H2,(H,9,10). The topological polar surface area (TPSA) is 71.4 Å². The fourth-order valence-electron chi connectivity index (χ4n) is 0.880. The average Bonchev–Trinajstić information content (AvgIpc) is 2.15. The zero-order valence-electron chi connectivity index (χ0n) is 6.58. The van der Waals surface area contributed by atoms with Crippen molar-refractivity contribution in [3.63, 3.8) is 0 Å². The quantitative estimate of drug-likeness (QED) is 0.542. The third-order valence-corrected chi connectivity index (χ3v) is 1.45. The van der Waals surface area contributed by atoms with Gasteiger partial charge in [0.2, 0.25) is 0 Å². The summed E-state index contributed by atoms with van der Waals surface area (Å²) in [5.74, 6) is -0.281. The van der Waals surface area contributed by atoms with Crippen LogP contribution in [0.5, 0.6) is 0 Å².